The van der Waals surface area contributed by atoms with E-state index in [2.05, 4.69) is 10.6 Å². The summed E-state index contributed by atoms with van der Waals surface area (Å²) in [5.41, 5.74) is 0.0954. The highest BCUT2D eigenvalue weighted by molar-refractivity contribution is 7.89. The molecule has 1 aliphatic rings. The molecule has 0 bridgehead atoms. The molecule has 1 unspecified atom stereocenters. The van der Waals surface area contributed by atoms with Crippen LogP contribution in [0.5, 0.6) is 5.75 Å². The zero-order valence-electron chi connectivity index (χ0n) is 21.2. The van der Waals surface area contributed by atoms with Gasteiger partial charge in [0.05, 0.1) is 22.0 Å². The summed E-state index contributed by atoms with van der Waals surface area (Å²) >= 11 is 6.16. The van der Waals surface area contributed by atoms with E-state index >= 15 is 0 Å². The Morgan fingerprint density at radius 1 is 1.14 bits per heavy atom. The largest absolute Gasteiger partial charge is 0.495 e. The van der Waals surface area contributed by atoms with Crippen molar-refractivity contribution in [2.24, 2.45) is 5.92 Å². The van der Waals surface area contributed by atoms with Gasteiger partial charge < -0.3 is 15.4 Å². The van der Waals surface area contributed by atoms with Crippen molar-refractivity contribution < 1.29 is 22.9 Å². The van der Waals surface area contributed by atoms with E-state index in [0.29, 0.717) is 36.0 Å². The molecule has 202 valence electrons. The molecule has 1 fully saturated rings. The van der Waals surface area contributed by atoms with Crippen molar-refractivity contribution >= 4 is 44.6 Å². The fourth-order valence-corrected chi connectivity index (χ4v) is 6.04. The number of hydrogen-bond acceptors (Lipinski definition) is 7. The van der Waals surface area contributed by atoms with E-state index in [4.69, 9.17) is 16.3 Å². The predicted octanol–water partition coefficient (Wildman–Crippen LogP) is 5.29. The molecule has 37 heavy (non-hydrogen) atoms. The Morgan fingerprint density at radius 2 is 1.81 bits per heavy atom. The van der Waals surface area contributed by atoms with Crippen molar-refractivity contribution in [2.75, 3.05) is 30.8 Å². The van der Waals surface area contributed by atoms with Gasteiger partial charge in [-0.1, -0.05) is 38.3 Å². The third-order valence-corrected chi connectivity index (χ3v) is 8.33. The minimum atomic E-state index is -3.87. The molecule has 1 amide bonds. The van der Waals surface area contributed by atoms with E-state index in [9.17, 15) is 23.3 Å². The van der Waals surface area contributed by atoms with Crippen molar-refractivity contribution in [3.63, 3.8) is 0 Å². The van der Waals surface area contributed by atoms with Gasteiger partial charge in [-0.2, -0.15) is 4.31 Å². The Kier molecular flexibility index (Phi) is 9.74. The van der Waals surface area contributed by atoms with E-state index in [1.807, 2.05) is 13.8 Å². The molecule has 0 spiro atoms. The molecule has 2 N–H and O–H groups in total. The number of methoxy groups -OCH3 is 1. The number of nitrogens with zero attached hydrogens (tertiary/aromatic N) is 2. The number of ether oxygens (including phenoxy) is 1. The van der Waals surface area contributed by atoms with Gasteiger partial charge in [0, 0.05) is 24.8 Å². The van der Waals surface area contributed by atoms with E-state index in [0.717, 1.165) is 31.7 Å². The molecule has 3 rings (SSSR count). The molecular formula is C25H33ClN4O6S. The molecule has 1 heterocycles. The quantitative estimate of drug-likeness (QED) is 0.302. The smallest absolute Gasteiger partial charge is 0.293 e. The fraction of sp³-hybridized carbons (Fsp3) is 0.480. The number of nitro benzene ring substituents is 1. The van der Waals surface area contributed by atoms with Crippen LogP contribution in [0.3, 0.4) is 0 Å². The fourth-order valence-electron chi connectivity index (χ4n) is 4.24. The first-order chi connectivity index (χ1) is 17.5. The molecule has 0 radical (unpaired) electrons. The Hall–Kier alpha value is -2.89. The third-order valence-electron chi connectivity index (χ3n) is 6.14. The highest BCUT2D eigenvalue weighted by Crippen LogP contribution is 2.32. The summed E-state index contributed by atoms with van der Waals surface area (Å²) in [4.78, 5) is 24.3. The average Bonchev–Trinajstić information content (AvgIpc) is 3.14. The molecule has 0 aromatic heterocycles. The molecule has 0 saturated carbocycles. The molecule has 1 aliphatic heterocycles. The second kappa shape index (κ2) is 12.6. The van der Waals surface area contributed by atoms with E-state index in [-0.39, 0.29) is 16.5 Å². The SMILES string of the molecule is COc1ccc(NC(=O)C(CC(C)C)Nc2ccc(S(=O)(=O)N3CCCCCC3)cc2[N+](=O)[O-])cc1Cl. The van der Waals surface area contributed by atoms with Crippen molar-refractivity contribution in [2.45, 2.75) is 56.9 Å². The number of carbonyl (C=O) groups is 1. The number of halogens is 1. The minimum absolute atomic E-state index is 0.0633. The van der Waals surface area contributed by atoms with Crippen LogP contribution in [0.4, 0.5) is 17.1 Å². The number of rotatable bonds is 10. The molecule has 1 saturated heterocycles. The summed E-state index contributed by atoms with van der Waals surface area (Å²) in [5.74, 6) is 0.136. The first-order valence-corrected chi connectivity index (χ1v) is 14.0. The summed E-state index contributed by atoms with van der Waals surface area (Å²) in [5, 5.41) is 18.0. The monoisotopic (exact) mass is 552 g/mol. The number of nitro groups is 1. The highest BCUT2D eigenvalue weighted by atomic mass is 35.5. The molecule has 2 aromatic rings. The van der Waals surface area contributed by atoms with Crippen molar-refractivity contribution in [3.05, 3.63) is 51.5 Å². The minimum Gasteiger partial charge on any atom is -0.495 e. The number of sulfonamides is 1. The standard InChI is InChI=1S/C25H33ClN4O6S/c1-17(2)14-22(25(31)27-18-8-11-24(36-3)20(26)15-18)28-21-10-9-19(16-23(21)30(32)33)37(34,35)29-12-6-4-5-7-13-29/h8-11,15-17,22,28H,4-7,12-14H2,1-3H3,(H,27,31). The maximum atomic E-state index is 13.2. The number of benzene rings is 2. The van der Waals surface area contributed by atoms with Crippen LogP contribution in [0.25, 0.3) is 0 Å². The van der Waals surface area contributed by atoms with Gasteiger partial charge in [0.1, 0.15) is 17.5 Å². The Balaban J connectivity index is 1.87. The van der Waals surface area contributed by atoms with Gasteiger partial charge in [0.25, 0.3) is 5.69 Å². The Bertz CT molecular complexity index is 1230. The number of anilines is 2. The van der Waals surface area contributed by atoms with Gasteiger partial charge in [-0.25, -0.2) is 8.42 Å². The molecule has 0 aliphatic carbocycles. The van der Waals surface area contributed by atoms with Crippen LogP contribution in [0.1, 0.15) is 46.0 Å². The summed E-state index contributed by atoms with van der Waals surface area (Å²) < 4.78 is 32.9. The van der Waals surface area contributed by atoms with Crippen molar-refractivity contribution in [3.8, 4) is 5.75 Å². The Labute approximate surface area is 222 Å². The zero-order valence-corrected chi connectivity index (χ0v) is 22.8. The third kappa shape index (κ3) is 7.33. The van der Waals surface area contributed by atoms with Gasteiger partial charge in [0.2, 0.25) is 15.9 Å². The normalized spacial score (nSPS) is 15.6. The van der Waals surface area contributed by atoms with Crippen LogP contribution in [-0.2, 0) is 14.8 Å². The first-order valence-electron chi connectivity index (χ1n) is 12.2. The molecule has 1 atom stereocenters. The lowest BCUT2D eigenvalue weighted by Crippen LogP contribution is -2.36. The lowest BCUT2D eigenvalue weighted by Gasteiger charge is -2.22. The highest BCUT2D eigenvalue weighted by Gasteiger charge is 2.29. The second-order valence-corrected chi connectivity index (χ2v) is 11.8. The zero-order chi connectivity index (χ0) is 27.2. The summed E-state index contributed by atoms with van der Waals surface area (Å²) in [6, 6.07) is 7.76. The van der Waals surface area contributed by atoms with Crippen LogP contribution in [0.2, 0.25) is 5.02 Å². The lowest BCUT2D eigenvalue weighted by atomic mass is 10.0. The topological polar surface area (TPSA) is 131 Å². The van der Waals surface area contributed by atoms with Crippen LogP contribution in [-0.4, -0.2) is 49.8 Å². The number of carbonyl (C=O) groups excluding carboxylic acids is 1. The van der Waals surface area contributed by atoms with Crippen LogP contribution < -0.4 is 15.4 Å². The van der Waals surface area contributed by atoms with Gasteiger partial charge in [0.15, 0.2) is 0 Å². The summed E-state index contributed by atoms with van der Waals surface area (Å²) in [7, 11) is -2.39. The Morgan fingerprint density at radius 3 is 2.38 bits per heavy atom. The number of nitrogens with one attached hydrogen (secondary N) is 2. The maximum Gasteiger partial charge on any atom is 0.293 e. The lowest BCUT2D eigenvalue weighted by molar-refractivity contribution is -0.384. The van der Waals surface area contributed by atoms with E-state index in [1.54, 1.807) is 18.2 Å². The van der Waals surface area contributed by atoms with Crippen LogP contribution in [0, 0.1) is 16.0 Å². The summed E-state index contributed by atoms with van der Waals surface area (Å²) in [6.45, 7) is 4.64. The molecule has 12 heteroatoms. The number of hydrogen-bond donors (Lipinski definition) is 2. The van der Waals surface area contributed by atoms with Crippen molar-refractivity contribution in [1.29, 1.82) is 0 Å². The van der Waals surface area contributed by atoms with Gasteiger partial charge in [-0.05, 0) is 55.5 Å². The first kappa shape index (κ1) is 28.7. The van der Waals surface area contributed by atoms with Gasteiger partial charge >= 0.3 is 0 Å². The molecular weight excluding hydrogens is 520 g/mol. The second-order valence-electron chi connectivity index (χ2n) is 9.42. The van der Waals surface area contributed by atoms with Crippen LogP contribution >= 0.6 is 11.6 Å². The van der Waals surface area contributed by atoms with Crippen LogP contribution in [0.15, 0.2) is 41.3 Å². The predicted molar refractivity (Wildman–Crippen MR) is 144 cm³/mol. The van der Waals surface area contributed by atoms with E-state index in [1.165, 1.54) is 23.5 Å². The van der Waals surface area contributed by atoms with Gasteiger partial charge in [-0.15, -0.1) is 0 Å². The molecule has 2 aromatic carbocycles. The van der Waals surface area contributed by atoms with Crippen molar-refractivity contribution in [1.82, 2.24) is 4.31 Å². The van der Waals surface area contributed by atoms with E-state index < -0.39 is 32.6 Å². The maximum absolute atomic E-state index is 13.2. The summed E-state index contributed by atoms with van der Waals surface area (Å²) in [6.07, 6.45) is 3.80. The molecule has 10 nitrogen and oxygen atoms in total. The number of amides is 1. The average molecular weight is 553 g/mol. The van der Waals surface area contributed by atoms with Gasteiger partial charge in [-0.3, -0.25) is 14.9 Å².